The molecule has 2 aromatic rings. The van der Waals surface area contributed by atoms with Crippen molar-refractivity contribution >= 4 is 28.1 Å². The Morgan fingerprint density at radius 1 is 1.35 bits per heavy atom. The molecule has 1 N–H and O–H groups in total. The quantitative estimate of drug-likeness (QED) is 0.921. The van der Waals surface area contributed by atoms with Gasteiger partial charge in [-0.2, -0.15) is 0 Å². The van der Waals surface area contributed by atoms with Crippen molar-refractivity contribution in [3.8, 4) is 0 Å². The molecule has 0 saturated heterocycles. The molecule has 1 heterocycles. The summed E-state index contributed by atoms with van der Waals surface area (Å²) < 4.78 is 13.8. The average molecular weight is 294 g/mol. The number of carbonyl (C=O) groups excluding carboxylic acids is 1. The zero-order valence-electron chi connectivity index (χ0n) is 11.3. The molecule has 0 aliphatic carbocycles. The van der Waals surface area contributed by atoms with Crippen LogP contribution in [-0.4, -0.2) is 29.2 Å². The maximum absolute atomic E-state index is 13.8. The van der Waals surface area contributed by atoms with Gasteiger partial charge in [-0.1, -0.05) is 23.5 Å². The van der Waals surface area contributed by atoms with Gasteiger partial charge in [0, 0.05) is 13.1 Å². The third kappa shape index (κ3) is 2.93. The molecule has 0 aliphatic rings. The lowest BCUT2D eigenvalue weighted by molar-refractivity contribution is 0.0986. The van der Waals surface area contributed by atoms with Crippen molar-refractivity contribution in [1.82, 2.24) is 10.2 Å². The molecular weight excluding hydrogens is 279 g/mol. The van der Waals surface area contributed by atoms with Crippen LogP contribution >= 0.6 is 11.3 Å². The molecule has 0 radical (unpaired) electrons. The molecule has 106 valence electrons. The number of aromatic nitrogens is 2. The SMILES string of the molecule is CCNc1nnc(C(=O)N(CC)c2ccccc2F)s1. The molecule has 0 fully saturated rings. The Bertz CT molecular complexity index is 602. The second-order valence-corrected chi connectivity index (χ2v) is 4.92. The van der Waals surface area contributed by atoms with Crippen LogP contribution in [0.4, 0.5) is 15.2 Å². The number of nitrogens with zero attached hydrogens (tertiary/aromatic N) is 3. The highest BCUT2D eigenvalue weighted by Crippen LogP contribution is 2.23. The highest BCUT2D eigenvalue weighted by atomic mass is 32.1. The minimum absolute atomic E-state index is 0.242. The Morgan fingerprint density at radius 2 is 2.10 bits per heavy atom. The summed E-state index contributed by atoms with van der Waals surface area (Å²) in [7, 11) is 0. The second kappa shape index (κ2) is 6.42. The van der Waals surface area contributed by atoms with E-state index in [1.165, 1.54) is 11.0 Å². The van der Waals surface area contributed by atoms with Gasteiger partial charge in [0.1, 0.15) is 5.82 Å². The number of anilines is 2. The van der Waals surface area contributed by atoms with Crippen LogP contribution in [0.2, 0.25) is 0 Å². The van der Waals surface area contributed by atoms with Gasteiger partial charge in [0.05, 0.1) is 5.69 Å². The summed E-state index contributed by atoms with van der Waals surface area (Å²) in [5.41, 5.74) is 0.250. The average Bonchev–Trinajstić information content (AvgIpc) is 2.90. The lowest BCUT2D eigenvalue weighted by Gasteiger charge is -2.19. The van der Waals surface area contributed by atoms with Gasteiger partial charge in [0.15, 0.2) is 0 Å². The maximum atomic E-state index is 13.8. The summed E-state index contributed by atoms with van der Waals surface area (Å²) in [5.74, 6) is -0.779. The Kier molecular flexibility index (Phi) is 4.62. The number of hydrogen-bond donors (Lipinski definition) is 1. The van der Waals surface area contributed by atoms with Crippen molar-refractivity contribution in [1.29, 1.82) is 0 Å². The van der Waals surface area contributed by atoms with Crippen LogP contribution in [0.5, 0.6) is 0 Å². The van der Waals surface area contributed by atoms with Crippen LogP contribution in [0.25, 0.3) is 0 Å². The van der Waals surface area contributed by atoms with Crippen molar-refractivity contribution in [2.75, 3.05) is 23.3 Å². The molecule has 7 heteroatoms. The summed E-state index contributed by atoms with van der Waals surface area (Å²) in [6, 6.07) is 6.18. The van der Waals surface area contributed by atoms with Gasteiger partial charge in [0.25, 0.3) is 5.91 Å². The van der Waals surface area contributed by atoms with Crippen LogP contribution in [0, 0.1) is 5.82 Å². The third-order valence-electron chi connectivity index (χ3n) is 2.64. The van der Waals surface area contributed by atoms with Gasteiger partial charge in [-0.15, -0.1) is 10.2 Å². The molecule has 1 aromatic heterocycles. The molecule has 1 amide bonds. The first kappa shape index (κ1) is 14.4. The highest BCUT2D eigenvalue weighted by molar-refractivity contribution is 7.17. The zero-order chi connectivity index (χ0) is 14.5. The van der Waals surface area contributed by atoms with E-state index in [1.807, 2.05) is 6.92 Å². The minimum Gasteiger partial charge on any atom is -0.360 e. The van der Waals surface area contributed by atoms with Crippen molar-refractivity contribution in [3.05, 3.63) is 35.1 Å². The fourth-order valence-corrected chi connectivity index (χ4v) is 2.50. The normalized spacial score (nSPS) is 10.3. The smallest absolute Gasteiger partial charge is 0.289 e. The number of nitrogens with one attached hydrogen (secondary N) is 1. The number of halogens is 1. The molecule has 1 aromatic carbocycles. The van der Waals surface area contributed by atoms with E-state index < -0.39 is 5.82 Å². The standard InChI is InChI=1S/C13H15FN4OS/c1-3-15-13-17-16-11(20-13)12(19)18(4-2)10-8-6-5-7-9(10)14/h5-8H,3-4H2,1-2H3,(H,15,17). The van der Waals surface area contributed by atoms with Gasteiger partial charge in [-0.05, 0) is 26.0 Å². The molecule has 0 atom stereocenters. The topological polar surface area (TPSA) is 58.1 Å². The van der Waals surface area contributed by atoms with E-state index in [1.54, 1.807) is 25.1 Å². The number of para-hydroxylation sites is 1. The van der Waals surface area contributed by atoms with Gasteiger partial charge in [-0.3, -0.25) is 4.79 Å². The van der Waals surface area contributed by atoms with Crippen LogP contribution in [0.1, 0.15) is 23.6 Å². The number of hydrogen-bond acceptors (Lipinski definition) is 5. The van der Waals surface area contributed by atoms with Crippen LogP contribution < -0.4 is 10.2 Å². The van der Waals surface area contributed by atoms with Crippen molar-refractivity contribution in [2.24, 2.45) is 0 Å². The summed E-state index contributed by atoms with van der Waals surface area (Å²) >= 11 is 1.16. The number of carbonyl (C=O) groups is 1. The van der Waals surface area contributed by atoms with Gasteiger partial charge in [-0.25, -0.2) is 4.39 Å². The number of amides is 1. The van der Waals surface area contributed by atoms with Gasteiger partial charge < -0.3 is 10.2 Å². The first-order chi connectivity index (χ1) is 9.67. The third-order valence-corrected chi connectivity index (χ3v) is 3.51. The minimum atomic E-state index is -0.431. The Balaban J connectivity index is 2.27. The Labute approximate surface area is 120 Å². The molecule has 0 spiro atoms. The van der Waals surface area contributed by atoms with Gasteiger partial charge in [0.2, 0.25) is 10.1 Å². The predicted molar refractivity (Wildman–Crippen MR) is 77.8 cm³/mol. The summed E-state index contributed by atoms with van der Waals surface area (Å²) in [6.07, 6.45) is 0. The Morgan fingerprint density at radius 3 is 2.75 bits per heavy atom. The molecule has 0 saturated carbocycles. The van der Waals surface area contributed by atoms with Crippen LogP contribution in [0.3, 0.4) is 0 Å². The molecular formula is C13H15FN4OS. The first-order valence-electron chi connectivity index (χ1n) is 6.31. The van der Waals surface area contributed by atoms with E-state index in [4.69, 9.17) is 0 Å². The van der Waals surface area contributed by atoms with Crippen molar-refractivity contribution in [2.45, 2.75) is 13.8 Å². The van der Waals surface area contributed by atoms with E-state index in [-0.39, 0.29) is 16.6 Å². The molecule has 0 unspecified atom stereocenters. The van der Waals surface area contributed by atoms with E-state index in [2.05, 4.69) is 15.5 Å². The summed E-state index contributed by atoms with van der Waals surface area (Å²) in [5, 5.41) is 11.5. The first-order valence-corrected chi connectivity index (χ1v) is 7.12. The van der Waals surface area contributed by atoms with Crippen LogP contribution in [-0.2, 0) is 0 Å². The predicted octanol–water partition coefficient (Wildman–Crippen LogP) is 2.78. The molecule has 2 rings (SSSR count). The number of benzene rings is 1. The van der Waals surface area contributed by atoms with Crippen molar-refractivity contribution < 1.29 is 9.18 Å². The van der Waals surface area contributed by atoms with E-state index in [0.717, 1.165) is 11.3 Å². The van der Waals surface area contributed by atoms with E-state index in [9.17, 15) is 9.18 Å². The zero-order valence-corrected chi connectivity index (χ0v) is 12.1. The molecule has 0 aliphatic heterocycles. The lowest BCUT2D eigenvalue weighted by Crippen LogP contribution is -2.31. The Hall–Kier alpha value is -2.02. The highest BCUT2D eigenvalue weighted by Gasteiger charge is 2.22. The second-order valence-electron chi connectivity index (χ2n) is 3.94. The number of rotatable bonds is 5. The fourth-order valence-electron chi connectivity index (χ4n) is 1.74. The fraction of sp³-hybridized carbons (Fsp3) is 0.308. The monoisotopic (exact) mass is 294 g/mol. The van der Waals surface area contributed by atoms with Crippen LogP contribution in [0.15, 0.2) is 24.3 Å². The molecule has 5 nitrogen and oxygen atoms in total. The van der Waals surface area contributed by atoms with Gasteiger partial charge >= 0.3 is 0 Å². The maximum Gasteiger partial charge on any atom is 0.289 e. The summed E-state index contributed by atoms with van der Waals surface area (Å²) in [6.45, 7) is 4.78. The largest absolute Gasteiger partial charge is 0.360 e. The van der Waals surface area contributed by atoms with E-state index >= 15 is 0 Å². The van der Waals surface area contributed by atoms with Crippen molar-refractivity contribution in [3.63, 3.8) is 0 Å². The molecule has 20 heavy (non-hydrogen) atoms. The lowest BCUT2D eigenvalue weighted by atomic mass is 10.2. The molecule has 0 bridgehead atoms. The summed E-state index contributed by atoms with van der Waals surface area (Å²) in [4.78, 5) is 13.7. The van der Waals surface area contributed by atoms with E-state index in [0.29, 0.717) is 18.2 Å².